The van der Waals surface area contributed by atoms with E-state index in [1.54, 1.807) is 6.07 Å². The van der Waals surface area contributed by atoms with Crippen molar-refractivity contribution in [1.82, 2.24) is 14.5 Å². The molecule has 0 saturated heterocycles. The van der Waals surface area contributed by atoms with Crippen molar-refractivity contribution in [3.8, 4) is 6.07 Å². The van der Waals surface area contributed by atoms with Crippen LogP contribution in [0.2, 0.25) is 0 Å². The molecule has 7 nitrogen and oxygen atoms in total. The molecule has 0 bridgehead atoms. The summed E-state index contributed by atoms with van der Waals surface area (Å²) in [4.78, 5) is 36.3. The second kappa shape index (κ2) is 5.20. The molecule has 0 aromatic carbocycles. The molecule has 7 heteroatoms. The van der Waals surface area contributed by atoms with Gasteiger partial charge in [0.15, 0.2) is 0 Å². The molecule has 1 heterocycles. The molecule has 1 amide bonds. The number of nitrogens with zero attached hydrogens (tertiary/aromatic N) is 3. The highest BCUT2D eigenvalue weighted by Gasteiger charge is 2.27. The molecule has 0 aliphatic heterocycles. The van der Waals surface area contributed by atoms with Crippen molar-refractivity contribution in [3.05, 3.63) is 32.6 Å². The van der Waals surface area contributed by atoms with E-state index in [4.69, 9.17) is 5.26 Å². The lowest BCUT2D eigenvalue weighted by molar-refractivity contribution is -0.123. The maximum atomic E-state index is 12.3. The second-order valence-electron chi connectivity index (χ2n) is 6.27. The Balaban J connectivity index is 2.41. The van der Waals surface area contributed by atoms with Gasteiger partial charge in [0.05, 0.1) is 0 Å². The van der Waals surface area contributed by atoms with E-state index in [1.165, 1.54) is 10.8 Å². The molecule has 1 fully saturated rings. The molecule has 0 spiro atoms. The van der Waals surface area contributed by atoms with Gasteiger partial charge in [0.1, 0.15) is 18.2 Å². The summed E-state index contributed by atoms with van der Waals surface area (Å²) in [5, 5.41) is 11.7. The monoisotopic (exact) mass is 290 g/mol. The van der Waals surface area contributed by atoms with Crippen LogP contribution in [0.3, 0.4) is 0 Å². The van der Waals surface area contributed by atoms with Gasteiger partial charge in [0.2, 0.25) is 5.91 Å². The maximum absolute atomic E-state index is 12.3. The van der Waals surface area contributed by atoms with Gasteiger partial charge in [-0.1, -0.05) is 0 Å². The van der Waals surface area contributed by atoms with Crippen molar-refractivity contribution in [2.45, 2.75) is 51.7 Å². The van der Waals surface area contributed by atoms with Crippen molar-refractivity contribution < 1.29 is 4.79 Å². The van der Waals surface area contributed by atoms with Crippen LogP contribution in [0.1, 0.15) is 45.2 Å². The molecule has 1 N–H and O–H groups in total. The third kappa shape index (κ3) is 3.40. The van der Waals surface area contributed by atoms with Gasteiger partial charge in [-0.2, -0.15) is 5.26 Å². The van der Waals surface area contributed by atoms with Gasteiger partial charge < -0.3 is 5.32 Å². The number of amides is 1. The number of nitrogens with one attached hydrogen (secondary N) is 1. The average Bonchev–Trinajstić information content (AvgIpc) is 3.17. The van der Waals surface area contributed by atoms with Crippen LogP contribution in [0, 0.1) is 11.3 Å². The number of hydrogen-bond acceptors (Lipinski definition) is 4. The topological polar surface area (TPSA) is 96.9 Å². The summed E-state index contributed by atoms with van der Waals surface area (Å²) in [6.07, 6.45) is 2.98. The van der Waals surface area contributed by atoms with Crippen LogP contribution in [-0.4, -0.2) is 20.6 Å². The molecule has 0 radical (unpaired) electrons. The van der Waals surface area contributed by atoms with E-state index in [0.717, 1.165) is 17.4 Å². The summed E-state index contributed by atoms with van der Waals surface area (Å²) in [6, 6.07) is 1.81. The van der Waals surface area contributed by atoms with Crippen LogP contribution < -0.4 is 16.6 Å². The van der Waals surface area contributed by atoms with Crippen LogP contribution in [0.5, 0.6) is 0 Å². The molecule has 0 unspecified atom stereocenters. The van der Waals surface area contributed by atoms with Gasteiger partial charge in [-0.25, -0.2) is 9.36 Å². The maximum Gasteiger partial charge on any atom is 0.331 e. The molecular formula is C14H18N4O3. The van der Waals surface area contributed by atoms with Crippen LogP contribution in [0.15, 0.2) is 15.8 Å². The zero-order valence-corrected chi connectivity index (χ0v) is 12.3. The van der Waals surface area contributed by atoms with E-state index in [0.29, 0.717) is 0 Å². The van der Waals surface area contributed by atoms with E-state index in [1.807, 2.05) is 20.8 Å². The molecule has 1 saturated carbocycles. The molecule has 1 aliphatic carbocycles. The van der Waals surface area contributed by atoms with Gasteiger partial charge in [-0.05, 0) is 33.6 Å². The zero-order chi connectivity index (χ0) is 15.8. The summed E-state index contributed by atoms with van der Waals surface area (Å²) < 4.78 is 2.21. The Morgan fingerprint density at radius 2 is 2.05 bits per heavy atom. The highest BCUT2D eigenvalue weighted by Crippen LogP contribution is 2.33. The van der Waals surface area contributed by atoms with Crippen LogP contribution in [0.4, 0.5) is 0 Å². The van der Waals surface area contributed by atoms with Crippen molar-refractivity contribution in [2.75, 3.05) is 0 Å². The van der Waals surface area contributed by atoms with Crippen molar-refractivity contribution in [3.63, 3.8) is 0 Å². The lowest BCUT2D eigenvalue weighted by Crippen LogP contribution is -2.48. The highest BCUT2D eigenvalue weighted by atomic mass is 16.2. The van der Waals surface area contributed by atoms with Gasteiger partial charge in [-0.15, -0.1) is 0 Å². The largest absolute Gasteiger partial charge is 0.350 e. The lowest BCUT2D eigenvalue weighted by atomic mass is 10.1. The molecule has 1 aromatic heterocycles. The minimum atomic E-state index is -0.719. The normalized spacial score (nSPS) is 14.6. The van der Waals surface area contributed by atoms with Crippen LogP contribution in [-0.2, 0) is 11.3 Å². The minimum Gasteiger partial charge on any atom is -0.350 e. The molecule has 1 aliphatic rings. The van der Waals surface area contributed by atoms with Gasteiger partial charge in [0, 0.05) is 17.8 Å². The first-order valence-corrected chi connectivity index (χ1v) is 6.80. The fraction of sp³-hybridized carbons (Fsp3) is 0.571. The van der Waals surface area contributed by atoms with E-state index in [2.05, 4.69) is 5.32 Å². The van der Waals surface area contributed by atoms with Crippen LogP contribution in [0.25, 0.3) is 0 Å². The summed E-state index contributed by atoms with van der Waals surface area (Å²) in [5.41, 5.74) is -1.83. The third-order valence-electron chi connectivity index (χ3n) is 3.07. The standard InChI is InChI=1S/C14H18N4O3/c1-14(2,3)16-11(19)8-18-12(20)9(6-15)7-17(13(18)21)10-4-5-10/h7,10H,4-5,8H2,1-3H3,(H,16,19). The predicted molar refractivity (Wildman–Crippen MR) is 75.8 cm³/mol. The van der Waals surface area contributed by atoms with E-state index in [-0.39, 0.29) is 18.2 Å². The number of nitriles is 1. The number of carbonyl (C=O) groups excluding carboxylic acids is 1. The molecule has 1 aromatic rings. The second-order valence-corrected chi connectivity index (χ2v) is 6.27. The quantitative estimate of drug-likeness (QED) is 0.855. The third-order valence-corrected chi connectivity index (χ3v) is 3.07. The zero-order valence-electron chi connectivity index (χ0n) is 12.3. The van der Waals surface area contributed by atoms with E-state index < -0.39 is 22.7 Å². The summed E-state index contributed by atoms with van der Waals surface area (Å²) in [7, 11) is 0. The fourth-order valence-corrected chi connectivity index (χ4v) is 2.05. The number of carbonyl (C=O) groups is 1. The Labute approximate surface area is 121 Å². The van der Waals surface area contributed by atoms with Crippen LogP contribution >= 0.6 is 0 Å². The van der Waals surface area contributed by atoms with E-state index in [9.17, 15) is 14.4 Å². The van der Waals surface area contributed by atoms with Gasteiger partial charge in [-0.3, -0.25) is 14.2 Å². The lowest BCUT2D eigenvalue weighted by Gasteiger charge is -2.20. The summed E-state index contributed by atoms with van der Waals surface area (Å²) in [6.45, 7) is 5.04. The first-order chi connectivity index (χ1) is 9.73. The van der Waals surface area contributed by atoms with Gasteiger partial charge >= 0.3 is 5.69 Å². The Bertz CT molecular complexity index is 727. The Morgan fingerprint density at radius 1 is 1.43 bits per heavy atom. The van der Waals surface area contributed by atoms with Gasteiger partial charge in [0.25, 0.3) is 5.56 Å². The molecular weight excluding hydrogens is 272 g/mol. The van der Waals surface area contributed by atoms with Crippen molar-refractivity contribution in [1.29, 1.82) is 5.26 Å². The highest BCUT2D eigenvalue weighted by molar-refractivity contribution is 5.76. The molecule has 21 heavy (non-hydrogen) atoms. The first kappa shape index (κ1) is 15.0. The molecule has 112 valence electrons. The average molecular weight is 290 g/mol. The predicted octanol–water partition coefficient (Wildman–Crippen LogP) is 0.131. The Morgan fingerprint density at radius 3 is 2.52 bits per heavy atom. The number of rotatable bonds is 3. The number of aromatic nitrogens is 2. The minimum absolute atomic E-state index is 0.0297. The van der Waals surface area contributed by atoms with Crippen molar-refractivity contribution >= 4 is 5.91 Å². The first-order valence-electron chi connectivity index (χ1n) is 6.80. The molecule has 2 rings (SSSR count). The number of hydrogen-bond donors (Lipinski definition) is 1. The SMILES string of the molecule is CC(C)(C)NC(=O)Cn1c(=O)c(C#N)cn(C2CC2)c1=O. The van der Waals surface area contributed by atoms with Crippen molar-refractivity contribution in [2.24, 2.45) is 0 Å². The fourth-order valence-electron chi connectivity index (χ4n) is 2.05. The Hall–Kier alpha value is -2.36. The summed E-state index contributed by atoms with van der Waals surface area (Å²) in [5.74, 6) is -0.431. The molecule has 0 atom stereocenters. The summed E-state index contributed by atoms with van der Waals surface area (Å²) >= 11 is 0. The smallest absolute Gasteiger partial charge is 0.331 e. The Kier molecular flexibility index (Phi) is 3.73. The van der Waals surface area contributed by atoms with E-state index >= 15 is 0 Å².